The number of ether oxygens (including phenoxy) is 1. The van der Waals surface area contributed by atoms with Gasteiger partial charge in [-0.1, -0.05) is 16.8 Å². The van der Waals surface area contributed by atoms with Crippen LogP contribution in [0.1, 0.15) is 4.88 Å². The molecule has 2 aromatic heterocycles. The van der Waals surface area contributed by atoms with Crippen molar-refractivity contribution in [1.82, 2.24) is 4.98 Å². The Morgan fingerprint density at radius 3 is 2.80 bits per heavy atom. The Kier molecular flexibility index (Phi) is 3.54. The van der Waals surface area contributed by atoms with Crippen molar-refractivity contribution < 1.29 is 9.94 Å². The van der Waals surface area contributed by atoms with Crippen molar-refractivity contribution in [2.24, 2.45) is 5.16 Å². The Labute approximate surface area is 123 Å². The fourth-order valence-electron chi connectivity index (χ4n) is 1.79. The molecule has 0 atom stereocenters. The highest BCUT2D eigenvalue weighted by Gasteiger charge is 2.08. The highest BCUT2D eigenvalue weighted by Crippen LogP contribution is 2.34. The lowest BCUT2D eigenvalue weighted by Gasteiger charge is -2.06. The average molecular weight is 305 g/mol. The van der Waals surface area contributed by atoms with Gasteiger partial charge in [0.1, 0.15) is 5.75 Å². The fraction of sp³-hybridized carbons (Fsp3) is 0. The summed E-state index contributed by atoms with van der Waals surface area (Å²) in [6, 6.07) is 9.02. The zero-order valence-corrected chi connectivity index (χ0v) is 11.7. The lowest BCUT2D eigenvalue weighted by Crippen LogP contribution is -1.85. The molecule has 0 radical (unpaired) electrons. The summed E-state index contributed by atoms with van der Waals surface area (Å²) in [7, 11) is 0. The molecule has 3 rings (SSSR count). The highest BCUT2D eigenvalue weighted by atomic mass is 35.5. The van der Waals surface area contributed by atoms with Gasteiger partial charge in [-0.3, -0.25) is 4.98 Å². The molecule has 20 heavy (non-hydrogen) atoms. The molecule has 0 saturated heterocycles. The fourth-order valence-corrected chi connectivity index (χ4v) is 2.83. The number of fused-ring (bicyclic) bond motifs is 1. The topological polar surface area (TPSA) is 54.7 Å². The van der Waals surface area contributed by atoms with E-state index in [2.05, 4.69) is 10.1 Å². The zero-order valence-electron chi connectivity index (χ0n) is 10.2. The quantitative estimate of drug-likeness (QED) is 0.439. The summed E-state index contributed by atoms with van der Waals surface area (Å²) in [5, 5.41) is 13.2. The molecule has 0 spiro atoms. The van der Waals surface area contributed by atoms with Crippen LogP contribution in [0, 0.1) is 0 Å². The molecule has 2 heterocycles. The van der Waals surface area contributed by atoms with Gasteiger partial charge in [-0.05, 0) is 30.3 Å². The normalized spacial score (nSPS) is 11.2. The molecular formula is C14H9ClN2O2S. The number of oxime groups is 1. The van der Waals surface area contributed by atoms with E-state index in [9.17, 15) is 0 Å². The van der Waals surface area contributed by atoms with E-state index in [0.29, 0.717) is 16.5 Å². The van der Waals surface area contributed by atoms with E-state index in [4.69, 9.17) is 21.5 Å². The summed E-state index contributed by atoms with van der Waals surface area (Å²) in [5.41, 5.74) is 0. The molecule has 3 aromatic rings. The highest BCUT2D eigenvalue weighted by molar-refractivity contribution is 7.20. The second-order valence-electron chi connectivity index (χ2n) is 4.00. The molecule has 4 nitrogen and oxygen atoms in total. The molecule has 100 valence electrons. The van der Waals surface area contributed by atoms with Crippen molar-refractivity contribution in [3.05, 3.63) is 52.6 Å². The average Bonchev–Trinajstić information content (AvgIpc) is 2.85. The summed E-state index contributed by atoms with van der Waals surface area (Å²) in [6.45, 7) is 0. The van der Waals surface area contributed by atoms with Crippen molar-refractivity contribution in [1.29, 1.82) is 0 Å². The summed E-state index contributed by atoms with van der Waals surface area (Å²) in [4.78, 5) is 4.98. The van der Waals surface area contributed by atoms with Crippen molar-refractivity contribution in [3.8, 4) is 11.5 Å². The summed E-state index contributed by atoms with van der Waals surface area (Å²) in [5.74, 6) is 1.34. The van der Waals surface area contributed by atoms with Crippen molar-refractivity contribution in [2.75, 3.05) is 0 Å². The first-order chi connectivity index (χ1) is 9.76. The van der Waals surface area contributed by atoms with E-state index >= 15 is 0 Å². The lowest BCUT2D eigenvalue weighted by atomic mass is 10.3. The van der Waals surface area contributed by atoms with Gasteiger partial charge in [0.2, 0.25) is 0 Å². The molecule has 0 bridgehead atoms. The summed E-state index contributed by atoms with van der Waals surface area (Å²) >= 11 is 7.32. The molecule has 0 aliphatic heterocycles. The minimum absolute atomic E-state index is 0.652. The van der Waals surface area contributed by atoms with Crippen LogP contribution in [0.5, 0.6) is 11.5 Å². The van der Waals surface area contributed by atoms with Crippen LogP contribution in [0.25, 0.3) is 10.1 Å². The Morgan fingerprint density at radius 1 is 1.25 bits per heavy atom. The van der Waals surface area contributed by atoms with Crippen LogP contribution >= 0.6 is 22.9 Å². The smallest absolute Gasteiger partial charge is 0.154 e. The Morgan fingerprint density at radius 2 is 2.05 bits per heavy atom. The Hall–Kier alpha value is -2.11. The van der Waals surface area contributed by atoms with E-state index in [1.54, 1.807) is 36.7 Å². The van der Waals surface area contributed by atoms with Gasteiger partial charge >= 0.3 is 0 Å². The van der Waals surface area contributed by atoms with Crippen LogP contribution in [-0.2, 0) is 0 Å². The van der Waals surface area contributed by atoms with E-state index in [1.807, 2.05) is 6.07 Å². The standard InChI is InChI=1S/C14H9ClN2O2S/c15-9-1-3-10(4-2-9)19-13-7-16-8-14-12(13)5-11(20-14)6-17-18/h1-8,18H/b17-6+. The SMILES string of the molecule is O/N=C/c1cc2c(Oc3ccc(Cl)cc3)cncc2s1. The van der Waals surface area contributed by atoms with Crippen LogP contribution < -0.4 is 4.74 Å². The number of hydrogen-bond acceptors (Lipinski definition) is 5. The Bertz CT molecular complexity index is 768. The van der Waals surface area contributed by atoms with E-state index in [1.165, 1.54) is 17.6 Å². The third-order valence-corrected chi connectivity index (χ3v) is 3.91. The first-order valence-electron chi connectivity index (χ1n) is 5.74. The van der Waals surface area contributed by atoms with E-state index in [-0.39, 0.29) is 0 Å². The van der Waals surface area contributed by atoms with Gasteiger partial charge in [-0.25, -0.2) is 0 Å². The molecule has 0 unspecified atom stereocenters. The van der Waals surface area contributed by atoms with Crippen LogP contribution in [0.4, 0.5) is 0 Å². The maximum absolute atomic E-state index is 8.59. The molecule has 1 aromatic carbocycles. The minimum atomic E-state index is 0.652. The number of thiophene rings is 1. The summed E-state index contributed by atoms with van der Waals surface area (Å²) < 4.78 is 6.78. The van der Waals surface area contributed by atoms with Gasteiger partial charge < -0.3 is 9.94 Å². The van der Waals surface area contributed by atoms with Crippen molar-refractivity contribution in [2.45, 2.75) is 0 Å². The van der Waals surface area contributed by atoms with Crippen LogP contribution in [-0.4, -0.2) is 16.4 Å². The molecule has 0 amide bonds. The molecule has 0 saturated carbocycles. The molecule has 0 aliphatic carbocycles. The number of rotatable bonds is 3. The number of aromatic nitrogens is 1. The first-order valence-corrected chi connectivity index (χ1v) is 6.94. The van der Waals surface area contributed by atoms with Gasteiger partial charge in [0.15, 0.2) is 5.75 Å². The third-order valence-electron chi connectivity index (χ3n) is 2.66. The maximum atomic E-state index is 8.59. The second kappa shape index (κ2) is 5.48. The lowest BCUT2D eigenvalue weighted by molar-refractivity contribution is 0.322. The summed E-state index contributed by atoms with van der Waals surface area (Å²) in [6.07, 6.45) is 4.80. The largest absolute Gasteiger partial charge is 0.455 e. The molecule has 0 aliphatic rings. The number of nitrogens with zero attached hydrogens (tertiary/aromatic N) is 2. The monoisotopic (exact) mass is 304 g/mol. The predicted octanol–water partition coefficient (Wildman–Crippen LogP) is 4.55. The molecule has 1 N–H and O–H groups in total. The van der Waals surface area contributed by atoms with Crippen molar-refractivity contribution >= 4 is 39.2 Å². The number of halogens is 1. The van der Waals surface area contributed by atoms with Gasteiger partial charge in [-0.15, -0.1) is 11.3 Å². The molecule has 0 fully saturated rings. The van der Waals surface area contributed by atoms with Crippen molar-refractivity contribution in [3.63, 3.8) is 0 Å². The van der Waals surface area contributed by atoms with Gasteiger partial charge in [-0.2, -0.15) is 0 Å². The van der Waals surface area contributed by atoms with Gasteiger partial charge in [0.05, 0.1) is 22.0 Å². The van der Waals surface area contributed by atoms with Crippen LogP contribution in [0.2, 0.25) is 5.02 Å². The number of benzene rings is 1. The zero-order chi connectivity index (χ0) is 13.9. The molecule has 6 heteroatoms. The number of pyridine rings is 1. The Balaban J connectivity index is 2.00. The van der Waals surface area contributed by atoms with E-state index in [0.717, 1.165) is 15.0 Å². The maximum Gasteiger partial charge on any atom is 0.154 e. The predicted molar refractivity (Wildman–Crippen MR) is 80.5 cm³/mol. The van der Waals surface area contributed by atoms with Crippen LogP contribution in [0.3, 0.4) is 0 Å². The first kappa shape index (κ1) is 12.9. The van der Waals surface area contributed by atoms with Crippen LogP contribution in [0.15, 0.2) is 47.9 Å². The second-order valence-corrected chi connectivity index (χ2v) is 5.55. The van der Waals surface area contributed by atoms with Gasteiger partial charge in [0.25, 0.3) is 0 Å². The van der Waals surface area contributed by atoms with E-state index < -0.39 is 0 Å². The number of hydrogen-bond donors (Lipinski definition) is 1. The van der Waals surface area contributed by atoms with Gasteiger partial charge in [0, 0.05) is 16.6 Å². The molecular weight excluding hydrogens is 296 g/mol. The third kappa shape index (κ3) is 2.59. The minimum Gasteiger partial charge on any atom is -0.455 e.